The molecule has 0 radical (unpaired) electrons. The van der Waals surface area contributed by atoms with Crippen LogP contribution in [0.2, 0.25) is 0 Å². The minimum Gasteiger partial charge on any atom is -0.310 e. The van der Waals surface area contributed by atoms with Gasteiger partial charge < -0.3 is 5.32 Å². The number of benzene rings is 2. The van der Waals surface area contributed by atoms with E-state index in [1.54, 1.807) is 6.33 Å². The first-order valence-electron chi connectivity index (χ1n) is 7.30. The predicted octanol–water partition coefficient (Wildman–Crippen LogP) is 3.35. The first-order valence-corrected chi connectivity index (χ1v) is 7.30. The molecule has 0 fully saturated rings. The van der Waals surface area contributed by atoms with Crippen LogP contribution in [0, 0.1) is 0 Å². The van der Waals surface area contributed by atoms with E-state index in [0.29, 0.717) is 6.42 Å². The summed E-state index contributed by atoms with van der Waals surface area (Å²) in [5.74, 6) is 0.810. The van der Waals surface area contributed by atoms with Crippen LogP contribution < -0.4 is 5.32 Å². The number of amides is 1. The molecule has 0 saturated heterocycles. The maximum absolute atomic E-state index is 12.1. The zero-order valence-electron chi connectivity index (χ0n) is 11.9. The maximum atomic E-state index is 12.1. The summed E-state index contributed by atoms with van der Waals surface area (Å²) >= 11 is 0. The van der Waals surface area contributed by atoms with Crippen molar-refractivity contribution in [1.29, 1.82) is 0 Å². The van der Waals surface area contributed by atoms with Crippen LogP contribution in [0.3, 0.4) is 0 Å². The Hall–Kier alpha value is -2.88. The number of hydrogen-bond donors (Lipinski definition) is 1. The molecule has 1 amide bonds. The minimum absolute atomic E-state index is 0.00918. The fourth-order valence-electron chi connectivity index (χ4n) is 2.95. The van der Waals surface area contributed by atoms with Crippen molar-refractivity contribution in [2.45, 2.75) is 12.3 Å². The highest BCUT2D eigenvalue weighted by atomic mass is 16.1. The van der Waals surface area contributed by atoms with Crippen LogP contribution in [0.1, 0.15) is 23.6 Å². The molecule has 1 aliphatic rings. The van der Waals surface area contributed by atoms with Crippen molar-refractivity contribution in [3.8, 4) is 5.69 Å². The molecular weight excluding hydrogens is 274 g/mol. The van der Waals surface area contributed by atoms with Crippen LogP contribution in [0.5, 0.6) is 0 Å². The number of aromatic nitrogens is 2. The monoisotopic (exact) mass is 289 g/mol. The molecule has 108 valence electrons. The number of para-hydroxylation sites is 1. The van der Waals surface area contributed by atoms with E-state index in [4.69, 9.17) is 0 Å². The summed E-state index contributed by atoms with van der Waals surface area (Å²) in [5.41, 5.74) is 3.04. The zero-order valence-corrected chi connectivity index (χ0v) is 11.9. The van der Waals surface area contributed by atoms with Crippen molar-refractivity contribution in [2.24, 2.45) is 0 Å². The Labute approximate surface area is 128 Å². The molecule has 1 aromatic heterocycles. The summed E-state index contributed by atoms with van der Waals surface area (Å²) in [6, 6.07) is 20.0. The molecule has 4 heteroatoms. The van der Waals surface area contributed by atoms with Gasteiger partial charge in [0, 0.05) is 18.0 Å². The molecule has 2 aromatic carbocycles. The lowest BCUT2D eigenvalue weighted by atomic mass is 9.90. The lowest BCUT2D eigenvalue weighted by Crippen LogP contribution is -2.24. The first-order chi connectivity index (χ1) is 10.8. The van der Waals surface area contributed by atoms with Crippen LogP contribution in [0.15, 0.2) is 67.0 Å². The molecule has 3 aromatic rings. The molecule has 0 spiro atoms. The van der Waals surface area contributed by atoms with E-state index >= 15 is 0 Å². The molecule has 1 atom stereocenters. The molecule has 4 nitrogen and oxygen atoms in total. The third-order valence-electron chi connectivity index (χ3n) is 4.01. The van der Waals surface area contributed by atoms with Crippen LogP contribution in [0.4, 0.5) is 5.82 Å². The highest BCUT2D eigenvalue weighted by molar-refractivity contribution is 5.94. The van der Waals surface area contributed by atoms with E-state index in [1.807, 2.05) is 53.1 Å². The SMILES string of the molecule is O=C1C[C@@H](c2ccccc2)c2ncn(-c3ccccc3)c2N1. The molecule has 2 heterocycles. The summed E-state index contributed by atoms with van der Waals surface area (Å²) in [7, 11) is 0. The van der Waals surface area contributed by atoms with E-state index in [-0.39, 0.29) is 11.8 Å². The van der Waals surface area contributed by atoms with Crippen LogP contribution in [-0.2, 0) is 4.79 Å². The van der Waals surface area contributed by atoms with Gasteiger partial charge in [0.25, 0.3) is 0 Å². The summed E-state index contributed by atoms with van der Waals surface area (Å²) in [6.45, 7) is 0. The molecule has 4 rings (SSSR count). The summed E-state index contributed by atoms with van der Waals surface area (Å²) < 4.78 is 1.93. The Morgan fingerprint density at radius 2 is 1.68 bits per heavy atom. The van der Waals surface area contributed by atoms with Gasteiger partial charge in [-0.05, 0) is 17.7 Å². The predicted molar refractivity (Wildman–Crippen MR) is 85.1 cm³/mol. The Balaban J connectivity index is 1.83. The highest BCUT2D eigenvalue weighted by Gasteiger charge is 2.30. The number of nitrogens with zero attached hydrogens (tertiary/aromatic N) is 2. The van der Waals surface area contributed by atoms with E-state index in [9.17, 15) is 4.79 Å². The summed E-state index contributed by atoms with van der Waals surface area (Å²) in [4.78, 5) is 16.7. The Bertz CT molecular complexity index is 809. The van der Waals surface area contributed by atoms with Crippen molar-refractivity contribution in [2.75, 3.05) is 5.32 Å². The fourth-order valence-corrected chi connectivity index (χ4v) is 2.95. The van der Waals surface area contributed by atoms with Gasteiger partial charge in [0.1, 0.15) is 12.1 Å². The summed E-state index contributed by atoms with van der Waals surface area (Å²) in [5, 5.41) is 2.97. The quantitative estimate of drug-likeness (QED) is 0.786. The van der Waals surface area contributed by atoms with Gasteiger partial charge in [0.2, 0.25) is 5.91 Å². The lowest BCUT2D eigenvalue weighted by molar-refractivity contribution is -0.116. The van der Waals surface area contributed by atoms with Crippen molar-refractivity contribution >= 4 is 11.7 Å². The van der Waals surface area contributed by atoms with E-state index in [0.717, 1.165) is 22.8 Å². The Kier molecular flexibility index (Phi) is 3.00. The van der Waals surface area contributed by atoms with Gasteiger partial charge >= 0.3 is 0 Å². The van der Waals surface area contributed by atoms with Gasteiger partial charge in [0.15, 0.2) is 0 Å². The highest BCUT2D eigenvalue weighted by Crippen LogP contribution is 2.36. The molecule has 0 bridgehead atoms. The average Bonchev–Trinajstić information content (AvgIpc) is 2.99. The van der Waals surface area contributed by atoms with Crippen LogP contribution in [0.25, 0.3) is 5.69 Å². The largest absolute Gasteiger partial charge is 0.310 e. The third-order valence-corrected chi connectivity index (χ3v) is 4.01. The Morgan fingerprint density at radius 3 is 2.41 bits per heavy atom. The van der Waals surface area contributed by atoms with Gasteiger partial charge in [-0.15, -0.1) is 0 Å². The van der Waals surface area contributed by atoms with Crippen molar-refractivity contribution in [3.05, 3.63) is 78.2 Å². The lowest BCUT2D eigenvalue weighted by Gasteiger charge is -2.23. The topological polar surface area (TPSA) is 46.9 Å². The smallest absolute Gasteiger partial charge is 0.226 e. The zero-order chi connectivity index (χ0) is 14.9. The second-order valence-corrected chi connectivity index (χ2v) is 5.40. The number of anilines is 1. The third kappa shape index (κ3) is 2.09. The second kappa shape index (κ2) is 5.15. The second-order valence-electron chi connectivity index (χ2n) is 5.40. The maximum Gasteiger partial charge on any atom is 0.226 e. The fraction of sp³-hybridized carbons (Fsp3) is 0.111. The van der Waals surface area contributed by atoms with Crippen molar-refractivity contribution < 1.29 is 4.79 Å². The molecule has 0 aliphatic carbocycles. The van der Waals surface area contributed by atoms with Gasteiger partial charge in [-0.1, -0.05) is 48.5 Å². The molecule has 22 heavy (non-hydrogen) atoms. The normalized spacial score (nSPS) is 16.9. The number of fused-ring (bicyclic) bond motifs is 1. The van der Waals surface area contributed by atoms with E-state index < -0.39 is 0 Å². The number of imidazole rings is 1. The van der Waals surface area contributed by atoms with Gasteiger partial charge in [-0.3, -0.25) is 9.36 Å². The Morgan fingerprint density at radius 1 is 1.00 bits per heavy atom. The molecule has 0 unspecified atom stereocenters. The summed E-state index contributed by atoms with van der Waals surface area (Å²) in [6.07, 6.45) is 2.21. The van der Waals surface area contributed by atoms with Gasteiger partial charge in [-0.2, -0.15) is 0 Å². The van der Waals surface area contributed by atoms with E-state index in [2.05, 4.69) is 22.4 Å². The first kappa shape index (κ1) is 12.8. The number of carbonyl (C=O) groups excluding carboxylic acids is 1. The standard InChI is InChI=1S/C18H15N3O/c22-16-11-15(13-7-3-1-4-8-13)17-18(20-16)21(12-19-17)14-9-5-2-6-10-14/h1-10,12,15H,11H2,(H,20,22)/t15-/m0/s1. The van der Waals surface area contributed by atoms with Crippen LogP contribution in [-0.4, -0.2) is 15.5 Å². The number of hydrogen-bond acceptors (Lipinski definition) is 2. The van der Waals surface area contributed by atoms with Gasteiger partial charge in [0.05, 0.1) is 5.69 Å². The minimum atomic E-state index is 0.00918. The number of nitrogens with one attached hydrogen (secondary N) is 1. The van der Waals surface area contributed by atoms with E-state index in [1.165, 1.54) is 0 Å². The van der Waals surface area contributed by atoms with Crippen LogP contribution >= 0.6 is 0 Å². The molecular formula is C18H15N3O. The van der Waals surface area contributed by atoms with Gasteiger partial charge in [-0.25, -0.2) is 4.98 Å². The number of rotatable bonds is 2. The number of carbonyl (C=O) groups is 1. The van der Waals surface area contributed by atoms with Crippen molar-refractivity contribution in [1.82, 2.24) is 9.55 Å². The molecule has 1 N–H and O–H groups in total. The average molecular weight is 289 g/mol. The molecule has 0 saturated carbocycles. The van der Waals surface area contributed by atoms with Crippen molar-refractivity contribution in [3.63, 3.8) is 0 Å². The molecule has 1 aliphatic heterocycles.